The van der Waals surface area contributed by atoms with Crippen molar-refractivity contribution in [3.05, 3.63) is 84.2 Å². The van der Waals surface area contributed by atoms with E-state index in [1.807, 2.05) is 36.4 Å². The Balaban J connectivity index is 1.93. The van der Waals surface area contributed by atoms with Gasteiger partial charge in [0.15, 0.2) is 5.78 Å². The van der Waals surface area contributed by atoms with Crippen LogP contribution in [0.4, 0.5) is 4.39 Å². The Labute approximate surface area is 136 Å². The van der Waals surface area contributed by atoms with Crippen LogP contribution >= 0.6 is 0 Å². The number of hydrogen-bond acceptors (Lipinski definition) is 2. The summed E-state index contributed by atoms with van der Waals surface area (Å²) in [4.78, 5) is 15.2. The first kappa shape index (κ1) is 15.6. The summed E-state index contributed by atoms with van der Waals surface area (Å²) in [7, 11) is 0. The zero-order valence-corrected chi connectivity index (χ0v) is 13.0. The molecule has 3 rings (SSSR count). The Bertz CT molecular complexity index is 681. The fourth-order valence-electron chi connectivity index (χ4n) is 3.42. The van der Waals surface area contributed by atoms with Gasteiger partial charge >= 0.3 is 0 Å². The number of Topliss-reactive ketones (excluding diaryl/α,β-unsaturated/α-hetero) is 1. The number of carbonyl (C=O) groups excluding carboxylic acids is 1. The molecule has 0 spiro atoms. The van der Waals surface area contributed by atoms with Crippen LogP contribution in [0.15, 0.2) is 67.3 Å². The number of rotatable bonds is 5. The maximum Gasteiger partial charge on any atom is 0.167 e. The summed E-state index contributed by atoms with van der Waals surface area (Å²) in [6.07, 6.45) is 2.66. The van der Waals surface area contributed by atoms with Crippen LogP contribution in [0.2, 0.25) is 0 Å². The van der Waals surface area contributed by atoms with Gasteiger partial charge in [-0.25, -0.2) is 4.39 Å². The molecule has 23 heavy (non-hydrogen) atoms. The van der Waals surface area contributed by atoms with E-state index in [9.17, 15) is 9.18 Å². The molecule has 1 fully saturated rings. The van der Waals surface area contributed by atoms with E-state index in [1.54, 1.807) is 12.1 Å². The van der Waals surface area contributed by atoms with Crippen molar-refractivity contribution < 1.29 is 9.18 Å². The molecule has 2 aromatic carbocycles. The minimum absolute atomic E-state index is 0.0266. The molecule has 1 heterocycles. The van der Waals surface area contributed by atoms with Crippen LogP contribution in [0, 0.1) is 11.7 Å². The first-order chi connectivity index (χ1) is 11.2. The number of hydrogen-bond donors (Lipinski definition) is 0. The summed E-state index contributed by atoms with van der Waals surface area (Å²) in [5.74, 6) is -0.206. The van der Waals surface area contributed by atoms with Gasteiger partial charge in [0.05, 0.1) is 0 Å². The predicted molar refractivity (Wildman–Crippen MR) is 89.8 cm³/mol. The normalized spacial score (nSPS) is 21.3. The van der Waals surface area contributed by atoms with E-state index in [2.05, 4.69) is 11.5 Å². The first-order valence-electron chi connectivity index (χ1n) is 7.90. The number of likely N-dealkylation sites (tertiary alicyclic amines) is 1. The molecule has 1 aliphatic rings. The highest BCUT2D eigenvalue weighted by Crippen LogP contribution is 2.39. The zero-order valence-electron chi connectivity index (χ0n) is 13.0. The fraction of sp³-hybridized carbons (Fsp3) is 0.250. The van der Waals surface area contributed by atoms with Crippen molar-refractivity contribution in [2.75, 3.05) is 13.1 Å². The Kier molecular flexibility index (Phi) is 4.68. The van der Waals surface area contributed by atoms with Crippen LogP contribution in [-0.2, 0) is 0 Å². The lowest BCUT2D eigenvalue weighted by atomic mass is 9.87. The highest BCUT2D eigenvalue weighted by molar-refractivity contribution is 5.98. The highest BCUT2D eigenvalue weighted by Gasteiger charge is 2.39. The summed E-state index contributed by atoms with van der Waals surface area (Å²) in [6.45, 7) is 5.38. The van der Waals surface area contributed by atoms with Crippen molar-refractivity contribution in [3.63, 3.8) is 0 Å². The van der Waals surface area contributed by atoms with Crippen LogP contribution in [0.1, 0.15) is 28.4 Å². The molecule has 1 saturated heterocycles. The summed E-state index contributed by atoms with van der Waals surface area (Å²) in [5.41, 5.74) is 1.73. The molecule has 2 nitrogen and oxygen atoms in total. The average Bonchev–Trinajstić information content (AvgIpc) is 3.00. The second-order valence-electron chi connectivity index (χ2n) is 5.91. The van der Waals surface area contributed by atoms with Crippen molar-refractivity contribution in [3.8, 4) is 0 Å². The van der Waals surface area contributed by atoms with Crippen molar-refractivity contribution in [1.29, 1.82) is 0 Å². The Morgan fingerprint density at radius 2 is 1.87 bits per heavy atom. The summed E-state index contributed by atoms with van der Waals surface area (Å²) in [5, 5.41) is 0. The van der Waals surface area contributed by atoms with E-state index in [4.69, 9.17) is 0 Å². The third-order valence-corrected chi connectivity index (χ3v) is 4.47. The molecule has 0 radical (unpaired) electrons. The molecule has 0 N–H and O–H groups in total. The van der Waals surface area contributed by atoms with Gasteiger partial charge < -0.3 is 0 Å². The third kappa shape index (κ3) is 3.25. The summed E-state index contributed by atoms with van der Waals surface area (Å²) < 4.78 is 13.2. The van der Waals surface area contributed by atoms with Crippen molar-refractivity contribution >= 4 is 5.78 Å². The van der Waals surface area contributed by atoms with Gasteiger partial charge in [0.2, 0.25) is 0 Å². The van der Waals surface area contributed by atoms with E-state index in [0.29, 0.717) is 0 Å². The minimum Gasteiger partial charge on any atom is -0.294 e. The Morgan fingerprint density at radius 3 is 2.52 bits per heavy atom. The standard InChI is InChI=1S/C20H20FNO/c1-2-13-22-14-12-18(20(23)16-6-4-3-5-7-16)19(22)15-8-10-17(21)11-9-15/h2-11,18-19H,1,12-14H2/t18-,19-/m0/s1. The van der Waals surface area contributed by atoms with E-state index in [0.717, 1.165) is 30.6 Å². The van der Waals surface area contributed by atoms with Gasteiger partial charge in [0.1, 0.15) is 5.82 Å². The van der Waals surface area contributed by atoms with Gasteiger partial charge in [-0.1, -0.05) is 48.5 Å². The second kappa shape index (κ2) is 6.88. The van der Waals surface area contributed by atoms with Crippen LogP contribution in [0.5, 0.6) is 0 Å². The van der Waals surface area contributed by atoms with E-state index >= 15 is 0 Å². The molecule has 0 aromatic heterocycles. The van der Waals surface area contributed by atoms with E-state index in [-0.39, 0.29) is 23.6 Å². The number of benzene rings is 2. The number of carbonyl (C=O) groups is 1. The highest BCUT2D eigenvalue weighted by atomic mass is 19.1. The molecule has 0 bridgehead atoms. The van der Waals surface area contributed by atoms with Crippen molar-refractivity contribution in [2.24, 2.45) is 5.92 Å². The predicted octanol–water partition coefficient (Wildman–Crippen LogP) is 4.26. The lowest BCUT2D eigenvalue weighted by Crippen LogP contribution is -2.28. The van der Waals surface area contributed by atoms with Gasteiger partial charge in [0, 0.05) is 24.1 Å². The molecule has 0 aliphatic carbocycles. The monoisotopic (exact) mass is 309 g/mol. The third-order valence-electron chi connectivity index (χ3n) is 4.47. The van der Waals surface area contributed by atoms with E-state index in [1.165, 1.54) is 12.1 Å². The van der Waals surface area contributed by atoms with E-state index < -0.39 is 0 Å². The van der Waals surface area contributed by atoms with Crippen LogP contribution in [0.25, 0.3) is 0 Å². The maximum atomic E-state index is 13.2. The topological polar surface area (TPSA) is 20.3 Å². The molecular weight excluding hydrogens is 289 g/mol. The van der Waals surface area contributed by atoms with Crippen LogP contribution < -0.4 is 0 Å². The van der Waals surface area contributed by atoms with Gasteiger partial charge in [-0.2, -0.15) is 0 Å². The lowest BCUT2D eigenvalue weighted by Gasteiger charge is -2.27. The van der Waals surface area contributed by atoms with Crippen molar-refractivity contribution in [2.45, 2.75) is 12.5 Å². The van der Waals surface area contributed by atoms with Crippen molar-refractivity contribution in [1.82, 2.24) is 4.90 Å². The second-order valence-corrected chi connectivity index (χ2v) is 5.91. The van der Waals surface area contributed by atoms with Gasteiger partial charge in [-0.15, -0.1) is 6.58 Å². The quantitative estimate of drug-likeness (QED) is 0.607. The molecule has 0 unspecified atom stereocenters. The van der Waals surface area contributed by atoms with Gasteiger partial charge in [0.25, 0.3) is 0 Å². The first-order valence-corrected chi connectivity index (χ1v) is 7.90. The van der Waals surface area contributed by atoms with Gasteiger partial charge in [-0.05, 0) is 30.7 Å². The molecule has 2 atom stereocenters. The van der Waals surface area contributed by atoms with Gasteiger partial charge in [-0.3, -0.25) is 9.69 Å². The minimum atomic E-state index is -0.257. The smallest absolute Gasteiger partial charge is 0.167 e. The lowest BCUT2D eigenvalue weighted by molar-refractivity contribution is 0.0885. The molecule has 3 heteroatoms. The molecule has 2 aromatic rings. The SMILES string of the molecule is C=CCN1CC[C@H](C(=O)c2ccccc2)[C@@H]1c1ccc(F)cc1. The zero-order chi connectivity index (χ0) is 16.2. The molecule has 1 aliphatic heterocycles. The fourth-order valence-corrected chi connectivity index (χ4v) is 3.42. The van der Waals surface area contributed by atoms with Crippen LogP contribution in [-0.4, -0.2) is 23.8 Å². The molecule has 118 valence electrons. The summed E-state index contributed by atoms with van der Waals surface area (Å²) >= 11 is 0. The number of ketones is 1. The Hall–Kier alpha value is -2.26. The molecule has 0 saturated carbocycles. The Morgan fingerprint density at radius 1 is 1.17 bits per heavy atom. The average molecular weight is 309 g/mol. The number of halogens is 1. The summed E-state index contributed by atoms with van der Waals surface area (Å²) in [6, 6.07) is 15.9. The molecular formula is C20H20FNO. The maximum absolute atomic E-state index is 13.2. The molecule has 0 amide bonds. The number of nitrogens with zero attached hydrogens (tertiary/aromatic N) is 1. The largest absolute Gasteiger partial charge is 0.294 e. The van der Waals surface area contributed by atoms with Crippen LogP contribution in [0.3, 0.4) is 0 Å².